The Labute approximate surface area is 123 Å². The molecule has 0 heterocycles. The number of carboxylic acids is 1. The summed E-state index contributed by atoms with van der Waals surface area (Å²) in [4.78, 5) is 26.2. The Bertz CT molecular complexity index is 518. The first-order chi connectivity index (χ1) is 9.52. The van der Waals surface area contributed by atoms with Crippen LogP contribution in [0.4, 0.5) is 5.69 Å². The van der Waals surface area contributed by atoms with Crippen LogP contribution in [0.25, 0.3) is 0 Å². The van der Waals surface area contributed by atoms with Gasteiger partial charge in [0.15, 0.2) is 0 Å². The maximum atomic E-state index is 12.4. The second-order valence-electron chi connectivity index (χ2n) is 5.14. The highest BCUT2D eigenvalue weighted by atomic mass is 32.2. The van der Waals surface area contributed by atoms with Crippen molar-refractivity contribution >= 4 is 29.3 Å². The number of benzene rings is 1. The van der Waals surface area contributed by atoms with Crippen LogP contribution < -0.4 is 4.90 Å². The van der Waals surface area contributed by atoms with E-state index in [0.29, 0.717) is 19.3 Å². The van der Waals surface area contributed by atoms with Gasteiger partial charge in [0, 0.05) is 23.5 Å². The predicted octanol–water partition coefficient (Wildman–Crippen LogP) is 2.87. The predicted molar refractivity (Wildman–Crippen MR) is 80.1 cm³/mol. The molecule has 0 spiro atoms. The summed E-state index contributed by atoms with van der Waals surface area (Å²) in [6.07, 6.45) is 3.73. The van der Waals surface area contributed by atoms with Crippen molar-refractivity contribution in [2.24, 2.45) is 11.8 Å². The van der Waals surface area contributed by atoms with E-state index in [4.69, 9.17) is 5.11 Å². The highest BCUT2D eigenvalue weighted by molar-refractivity contribution is 7.98. The molecule has 1 aliphatic rings. The number of thioether (sulfide) groups is 1. The zero-order valence-corrected chi connectivity index (χ0v) is 12.5. The van der Waals surface area contributed by atoms with Gasteiger partial charge in [-0.1, -0.05) is 6.07 Å². The minimum atomic E-state index is -0.785. The van der Waals surface area contributed by atoms with Crippen LogP contribution in [-0.4, -0.2) is 30.3 Å². The molecule has 0 saturated heterocycles. The van der Waals surface area contributed by atoms with Gasteiger partial charge in [0.2, 0.25) is 5.91 Å². The molecule has 108 valence electrons. The molecule has 20 heavy (non-hydrogen) atoms. The van der Waals surface area contributed by atoms with E-state index in [2.05, 4.69) is 0 Å². The molecule has 1 saturated carbocycles. The van der Waals surface area contributed by atoms with E-state index < -0.39 is 5.97 Å². The fraction of sp³-hybridized carbons (Fsp3) is 0.467. The lowest BCUT2D eigenvalue weighted by Crippen LogP contribution is -2.32. The Morgan fingerprint density at radius 2 is 2.00 bits per heavy atom. The number of nitrogens with zero attached hydrogens (tertiary/aromatic N) is 1. The Hall–Kier alpha value is -1.49. The Morgan fingerprint density at radius 1 is 1.30 bits per heavy atom. The second kappa shape index (κ2) is 6.31. The van der Waals surface area contributed by atoms with Gasteiger partial charge in [-0.3, -0.25) is 9.59 Å². The molecule has 1 N–H and O–H groups in total. The van der Waals surface area contributed by atoms with Crippen molar-refractivity contribution in [1.82, 2.24) is 0 Å². The third kappa shape index (κ3) is 3.15. The molecule has 1 aromatic rings. The summed E-state index contributed by atoms with van der Waals surface area (Å²) in [5.41, 5.74) is 0.862. The smallest absolute Gasteiger partial charge is 0.306 e. The number of carbonyl (C=O) groups is 2. The number of aliphatic carboxylic acids is 1. The van der Waals surface area contributed by atoms with E-state index in [1.807, 2.05) is 30.5 Å². The van der Waals surface area contributed by atoms with Crippen LogP contribution in [0.1, 0.15) is 19.3 Å². The van der Waals surface area contributed by atoms with Gasteiger partial charge in [-0.2, -0.15) is 0 Å². The summed E-state index contributed by atoms with van der Waals surface area (Å²) in [6, 6.07) is 7.82. The zero-order valence-electron chi connectivity index (χ0n) is 11.7. The lowest BCUT2D eigenvalue weighted by Gasteiger charge is -2.21. The minimum absolute atomic E-state index is 0.0204. The first kappa shape index (κ1) is 14.9. The second-order valence-corrected chi connectivity index (χ2v) is 6.02. The Kier molecular flexibility index (Phi) is 4.70. The molecular weight excluding hydrogens is 274 g/mol. The molecule has 1 amide bonds. The quantitative estimate of drug-likeness (QED) is 0.867. The highest BCUT2D eigenvalue weighted by Crippen LogP contribution is 2.33. The summed E-state index contributed by atoms with van der Waals surface area (Å²) in [6.45, 7) is 0. The van der Waals surface area contributed by atoms with Crippen molar-refractivity contribution in [2.75, 3.05) is 18.2 Å². The molecule has 5 heteroatoms. The number of amides is 1. The van der Waals surface area contributed by atoms with Gasteiger partial charge in [0.1, 0.15) is 0 Å². The minimum Gasteiger partial charge on any atom is -0.481 e. The maximum Gasteiger partial charge on any atom is 0.306 e. The molecule has 2 rings (SSSR count). The zero-order chi connectivity index (χ0) is 14.7. The van der Waals surface area contributed by atoms with Crippen molar-refractivity contribution in [3.05, 3.63) is 24.3 Å². The van der Waals surface area contributed by atoms with Crippen LogP contribution in [0.3, 0.4) is 0 Å². The fourth-order valence-corrected chi connectivity index (χ4v) is 3.10. The van der Waals surface area contributed by atoms with Crippen LogP contribution >= 0.6 is 11.8 Å². The molecule has 1 fully saturated rings. The summed E-state index contributed by atoms with van der Waals surface area (Å²) >= 11 is 1.63. The van der Waals surface area contributed by atoms with Gasteiger partial charge in [0.25, 0.3) is 0 Å². The SMILES string of the molecule is CSc1cccc(N(C)C(=O)[C@@H]2CC[C@H](C(=O)O)C2)c1. The number of rotatable bonds is 4. The molecule has 0 bridgehead atoms. The average Bonchev–Trinajstić information content (AvgIpc) is 2.95. The van der Waals surface area contributed by atoms with E-state index in [1.165, 1.54) is 0 Å². The average molecular weight is 293 g/mol. The molecule has 0 aromatic heterocycles. The standard InChI is InChI=1S/C15H19NO3S/c1-16(12-4-3-5-13(9-12)20-2)14(17)10-6-7-11(8-10)15(18)19/h3-5,9-11H,6-8H2,1-2H3,(H,18,19)/t10-,11+/m1/s1. The first-order valence-corrected chi connectivity index (χ1v) is 7.90. The van der Waals surface area contributed by atoms with E-state index in [9.17, 15) is 9.59 Å². The van der Waals surface area contributed by atoms with Crippen LogP contribution in [0.15, 0.2) is 29.2 Å². The summed E-state index contributed by atoms with van der Waals surface area (Å²) < 4.78 is 0. The third-order valence-electron chi connectivity index (χ3n) is 3.90. The van der Waals surface area contributed by atoms with Crippen molar-refractivity contribution in [3.8, 4) is 0 Å². The summed E-state index contributed by atoms with van der Waals surface area (Å²) in [5.74, 6) is -1.30. The van der Waals surface area contributed by atoms with E-state index in [-0.39, 0.29) is 17.7 Å². The monoisotopic (exact) mass is 293 g/mol. The lowest BCUT2D eigenvalue weighted by molar-refractivity contribution is -0.141. The summed E-state index contributed by atoms with van der Waals surface area (Å²) in [7, 11) is 1.76. The van der Waals surface area contributed by atoms with Gasteiger partial charge in [-0.15, -0.1) is 11.8 Å². The van der Waals surface area contributed by atoms with Crippen molar-refractivity contribution in [2.45, 2.75) is 24.2 Å². The molecule has 0 radical (unpaired) electrons. The Morgan fingerprint density at radius 3 is 2.60 bits per heavy atom. The topological polar surface area (TPSA) is 57.6 Å². The molecule has 1 aliphatic carbocycles. The van der Waals surface area contributed by atoms with Gasteiger partial charge in [-0.25, -0.2) is 0 Å². The number of hydrogen-bond donors (Lipinski definition) is 1. The lowest BCUT2D eigenvalue weighted by atomic mass is 10.0. The fourth-order valence-electron chi connectivity index (χ4n) is 2.65. The van der Waals surface area contributed by atoms with Gasteiger partial charge >= 0.3 is 5.97 Å². The largest absolute Gasteiger partial charge is 0.481 e. The molecule has 0 aliphatic heterocycles. The first-order valence-electron chi connectivity index (χ1n) is 6.67. The van der Waals surface area contributed by atoms with Crippen LogP contribution in [0, 0.1) is 11.8 Å². The molecule has 2 atom stereocenters. The van der Waals surface area contributed by atoms with E-state index >= 15 is 0 Å². The summed E-state index contributed by atoms with van der Waals surface area (Å²) in [5, 5.41) is 9.01. The third-order valence-corrected chi connectivity index (χ3v) is 4.63. The van der Waals surface area contributed by atoms with Crippen LogP contribution in [-0.2, 0) is 9.59 Å². The Balaban J connectivity index is 2.07. The number of carbonyl (C=O) groups excluding carboxylic acids is 1. The molecular formula is C15H19NO3S. The van der Waals surface area contributed by atoms with Crippen molar-refractivity contribution in [3.63, 3.8) is 0 Å². The van der Waals surface area contributed by atoms with E-state index in [0.717, 1.165) is 10.6 Å². The van der Waals surface area contributed by atoms with Crippen LogP contribution in [0.2, 0.25) is 0 Å². The maximum absolute atomic E-state index is 12.4. The molecule has 4 nitrogen and oxygen atoms in total. The van der Waals surface area contributed by atoms with Gasteiger partial charge < -0.3 is 10.0 Å². The number of hydrogen-bond acceptors (Lipinski definition) is 3. The van der Waals surface area contributed by atoms with E-state index in [1.54, 1.807) is 23.7 Å². The normalized spacial score (nSPS) is 21.7. The van der Waals surface area contributed by atoms with Crippen molar-refractivity contribution < 1.29 is 14.7 Å². The number of anilines is 1. The highest BCUT2D eigenvalue weighted by Gasteiger charge is 2.35. The van der Waals surface area contributed by atoms with Gasteiger partial charge in [0.05, 0.1) is 5.92 Å². The van der Waals surface area contributed by atoms with Crippen LogP contribution in [0.5, 0.6) is 0 Å². The van der Waals surface area contributed by atoms with Crippen molar-refractivity contribution in [1.29, 1.82) is 0 Å². The van der Waals surface area contributed by atoms with Gasteiger partial charge in [-0.05, 0) is 43.7 Å². The molecule has 1 aromatic carbocycles. The number of carboxylic acid groups (broad SMARTS) is 1. The molecule has 0 unspecified atom stereocenters.